The van der Waals surface area contributed by atoms with Gasteiger partial charge in [-0.3, -0.25) is 4.98 Å². The summed E-state index contributed by atoms with van der Waals surface area (Å²) in [6, 6.07) is 5.69. The smallest absolute Gasteiger partial charge is 0.149 e. The van der Waals surface area contributed by atoms with Gasteiger partial charge in [0, 0.05) is 28.1 Å². The second-order valence-electron chi connectivity index (χ2n) is 3.75. The molecule has 5 heteroatoms. The first kappa shape index (κ1) is 12.7. The highest BCUT2D eigenvalue weighted by molar-refractivity contribution is 9.10. The van der Waals surface area contributed by atoms with Crippen molar-refractivity contribution in [3.05, 3.63) is 46.3 Å². The Hall–Kier alpha value is -1.75. The minimum absolute atomic E-state index is 0.690. The Morgan fingerprint density at radius 2 is 2.22 bits per heavy atom. The zero-order chi connectivity index (χ0) is 13.0. The topological polar surface area (TPSA) is 61.7 Å². The molecule has 1 aromatic heterocycles. The number of benzene rings is 1. The number of nitrogens with zero attached hydrogens (tertiary/aromatic N) is 2. The molecule has 0 fully saturated rings. The van der Waals surface area contributed by atoms with Crippen LogP contribution in [0.5, 0.6) is 0 Å². The van der Waals surface area contributed by atoms with Crippen molar-refractivity contribution in [3.8, 4) is 0 Å². The molecular weight excluding hydrogens is 292 g/mol. The summed E-state index contributed by atoms with van der Waals surface area (Å²) in [6.07, 6.45) is 5.59. The first-order chi connectivity index (χ1) is 8.72. The molecule has 2 rings (SSSR count). The average Bonchev–Trinajstić information content (AvgIpc) is 2.39. The van der Waals surface area contributed by atoms with Crippen LogP contribution in [-0.2, 0) is 6.42 Å². The largest absolute Gasteiger partial charge is 0.338 e. The summed E-state index contributed by atoms with van der Waals surface area (Å²) in [5.74, 6) is 0.690. The molecule has 0 saturated heterocycles. The highest BCUT2D eigenvalue weighted by Gasteiger charge is 2.03. The third-order valence-corrected chi connectivity index (χ3v) is 2.97. The van der Waals surface area contributed by atoms with E-state index < -0.39 is 0 Å². The van der Waals surface area contributed by atoms with Gasteiger partial charge >= 0.3 is 0 Å². The van der Waals surface area contributed by atoms with Gasteiger partial charge in [-0.15, -0.1) is 0 Å². The SMILES string of the molecule is CCc1cncc(Nc2cc(Br)ccc2C=N)n1. The van der Waals surface area contributed by atoms with Crippen LogP contribution < -0.4 is 5.32 Å². The Bertz CT molecular complexity index is 569. The van der Waals surface area contributed by atoms with E-state index in [-0.39, 0.29) is 0 Å². The van der Waals surface area contributed by atoms with Gasteiger partial charge in [-0.25, -0.2) is 4.98 Å². The van der Waals surface area contributed by atoms with Gasteiger partial charge in [0.2, 0.25) is 0 Å². The van der Waals surface area contributed by atoms with Crippen molar-refractivity contribution in [1.82, 2.24) is 9.97 Å². The maximum atomic E-state index is 7.38. The molecule has 0 aliphatic heterocycles. The number of aryl methyl sites for hydroxylation is 1. The molecule has 2 aromatic rings. The summed E-state index contributed by atoms with van der Waals surface area (Å²) in [7, 11) is 0. The highest BCUT2D eigenvalue weighted by Crippen LogP contribution is 2.23. The fourth-order valence-corrected chi connectivity index (χ4v) is 1.90. The summed E-state index contributed by atoms with van der Waals surface area (Å²) in [4.78, 5) is 8.56. The van der Waals surface area contributed by atoms with E-state index in [0.29, 0.717) is 5.82 Å². The quantitative estimate of drug-likeness (QED) is 0.849. The zero-order valence-electron chi connectivity index (χ0n) is 9.94. The molecule has 2 N–H and O–H groups in total. The third-order valence-electron chi connectivity index (χ3n) is 2.48. The molecule has 0 bridgehead atoms. The van der Waals surface area contributed by atoms with Crippen molar-refractivity contribution in [2.75, 3.05) is 5.32 Å². The minimum atomic E-state index is 0.690. The van der Waals surface area contributed by atoms with Gasteiger partial charge in [-0.05, 0) is 18.6 Å². The standard InChI is InChI=1S/C13H13BrN4/c1-2-11-7-16-8-13(17-11)18-12-5-10(14)4-3-9(12)6-15/h3-8,15H,2H2,1H3,(H,17,18). The molecule has 0 saturated carbocycles. The predicted molar refractivity (Wildman–Crippen MR) is 76.7 cm³/mol. The summed E-state index contributed by atoms with van der Waals surface area (Å²) >= 11 is 3.42. The van der Waals surface area contributed by atoms with Crippen LogP contribution in [0.4, 0.5) is 11.5 Å². The van der Waals surface area contributed by atoms with E-state index >= 15 is 0 Å². The first-order valence-electron chi connectivity index (χ1n) is 5.61. The maximum absolute atomic E-state index is 7.38. The molecule has 1 aromatic carbocycles. The fraction of sp³-hybridized carbons (Fsp3) is 0.154. The van der Waals surface area contributed by atoms with E-state index in [2.05, 4.69) is 31.2 Å². The Balaban J connectivity index is 2.32. The molecular formula is C13H13BrN4. The van der Waals surface area contributed by atoms with E-state index in [1.54, 1.807) is 12.4 Å². The van der Waals surface area contributed by atoms with Gasteiger partial charge in [0.05, 0.1) is 11.9 Å². The van der Waals surface area contributed by atoms with Crippen molar-refractivity contribution in [1.29, 1.82) is 5.41 Å². The van der Waals surface area contributed by atoms with Crippen molar-refractivity contribution < 1.29 is 0 Å². The monoisotopic (exact) mass is 304 g/mol. The van der Waals surface area contributed by atoms with Crippen LogP contribution in [0.15, 0.2) is 35.1 Å². The maximum Gasteiger partial charge on any atom is 0.149 e. The molecule has 0 amide bonds. The minimum Gasteiger partial charge on any atom is -0.338 e. The lowest BCUT2D eigenvalue weighted by molar-refractivity contribution is 1.00. The lowest BCUT2D eigenvalue weighted by Crippen LogP contribution is -2.00. The molecule has 4 nitrogen and oxygen atoms in total. The van der Waals surface area contributed by atoms with Crippen molar-refractivity contribution in [3.63, 3.8) is 0 Å². The summed E-state index contributed by atoms with van der Waals surface area (Å²) in [5, 5.41) is 10.6. The van der Waals surface area contributed by atoms with Crippen LogP contribution in [0, 0.1) is 5.41 Å². The highest BCUT2D eigenvalue weighted by atomic mass is 79.9. The molecule has 0 radical (unpaired) electrons. The van der Waals surface area contributed by atoms with Crippen LogP contribution in [0.3, 0.4) is 0 Å². The summed E-state index contributed by atoms with van der Waals surface area (Å²) in [6.45, 7) is 2.04. The lowest BCUT2D eigenvalue weighted by atomic mass is 10.2. The number of hydrogen-bond acceptors (Lipinski definition) is 4. The molecule has 0 aliphatic carbocycles. The van der Waals surface area contributed by atoms with Crippen LogP contribution >= 0.6 is 15.9 Å². The van der Waals surface area contributed by atoms with Gasteiger partial charge in [0.25, 0.3) is 0 Å². The Kier molecular flexibility index (Phi) is 4.04. The van der Waals surface area contributed by atoms with Crippen LogP contribution in [0.25, 0.3) is 0 Å². The summed E-state index contributed by atoms with van der Waals surface area (Å²) in [5.41, 5.74) is 2.58. The van der Waals surface area contributed by atoms with E-state index in [0.717, 1.165) is 27.8 Å². The molecule has 0 unspecified atom stereocenters. The molecule has 0 aliphatic rings. The van der Waals surface area contributed by atoms with Gasteiger partial charge in [-0.1, -0.05) is 28.9 Å². The summed E-state index contributed by atoms with van der Waals surface area (Å²) < 4.78 is 0.954. The molecule has 92 valence electrons. The van der Waals surface area contributed by atoms with Crippen molar-refractivity contribution in [2.45, 2.75) is 13.3 Å². The van der Waals surface area contributed by atoms with Gasteiger partial charge in [0.15, 0.2) is 0 Å². The predicted octanol–water partition coefficient (Wildman–Crippen LogP) is 3.54. The van der Waals surface area contributed by atoms with E-state index in [1.807, 2.05) is 25.1 Å². The second kappa shape index (κ2) is 5.73. The van der Waals surface area contributed by atoms with Crippen LogP contribution in [0.2, 0.25) is 0 Å². The van der Waals surface area contributed by atoms with Crippen molar-refractivity contribution in [2.24, 2.45) is 0 Å². The van der Waals surface area contributed by atoms with Gasteiger partial charge in [0.1, 0.15) is 5.82 Å². The Labute approximate surface area is 114 Å². The number of nitrogens with one attached hydrogen (secondary N) is 2. The van der Waals surface area contributed by atoms with E-state index in [4.69, 9.17) is 5.41 Å². The molecule has 0 atom stereocenters. The van der Waals surface area contributed by atoms with Crippen LogP contribution in [0.1, 0.15) is 18.2 Å². The first-order valence-corrected chi connectivity index (χ1v) is 6.40. The van der Waals surface area contributed by atoms with Crippen molar-refractivity contribution >= 4 is 33.6 Å². The number of halogens is 1. The van der Waals surface area contributed by atoms with Crippen LogP contribution in [-0.4, -0.2) is 16.2 Å². The van der Waals surface area contributed by atoms with Gasteiger partial charge in [-0.2, -0.15) is 0 Å². The Morgan fingerprint density at radius 3 is 2.94 bits per heavy atom. The third kappa shape index (κ3) is 2.92. The van der Waals surface area contributed by atoms with Gasteiger partial charge < -0.3 is 10.7 Å². The Morgan fingerprint density at radius 1 is 1.39 bits per heavy atom. The van der Waals surface area contributed by atoms with E-state index in [9.17, 15) is 0 Å². The number of hydrogen-bond donors (Lipinski definition) is 2. The molecule has 1 heterocycles. The number of anilines is 2. The van der Waals surface area contributed by atoms with E-state index in [1.165, 1.54) is 6.21 Å². The molecule has 18 heavy (non-hydrogen) atoms. The molecule has 0 spiro atoms. The zero-order valence-corrected chi connectivity index (χ0v) is 11.5. The normalized spacial score (nSPS) is 10.1. The average molecular weight is 305 g/mol. The fourth-order valence-electron chi connectivity index (χ4n) is 1.54. The lowest BCUT2D eigenvalue weighted by Gasteiger charge is -2.09. The number of aromatic nitrogens is 2. The second-order valence-corrected chi connectivity index (χ2v) is 4.67. The number of rotatable bonds is 4.